The molecule has 1 N–H and O–H groups in total. The molecule has 0 aromatic heterocycles. The SMILES string of the molecule is CCC(C)CNC1CCSCC1. The Morgan fingerprint density at radius 2 is 2.08 bits per heavy atom. The van der Waals surface area contributed by atoms with Gasteiger partial charge in [0, 0.05) is 6.04 Å². The van der Waals surface area contributed by atoms with Crippen LogP contribution in [0, 0.1) is 5.92 Å². The van der Waals surface area contributed by atoms with Crippen LogP contribution in [0.3, 0.4) is 0 Å². The molecule has 1 saturated heterocycles. The molecule has 0 aliphatic carbocycles. The van der Waals surface area contributed by atoms with Crippen LogP contribution in [-0.2, 0) is 0 Å². The van der Waals surface area contributed by atoms with E-state index < -0.39 is 0 Å². The summed E-state index contributed by atoms with van der Waals surface area (Å²) in [4.78, 5) is 0. The molecule has 0 amide bonds. The average molecular weight is 187 g/mol. The van der Waals surface area contributed by atoms with Crippen molar-refractivity contribution in [3.63, 3.8) is 0 Å². The van der Waals surface area contributed by atoms with Gasteiger partial charge in [0.05, 0.1) is 0 Å². The first-order valence-electron chi connectivity index (χ1n) is 5.14. The summed E-state index contributed by atoms with van der Waals surface area (Å²) in [5.74, 6) is 3.57. The van der Waals surface area contributed by atoms with Gasteiger partial charge in [0.25, 0.3) is 0 Å². The first-order chi connectivity index (χ1) is 5.83. The van der Waals surface area contributed by atoms with Crippen LogP contribution in [0.4, 0.5) is 0 Å². The summed E-state index contributed by atoms with van der Waals surface area (Å²) in [5, 5.41) is 3.66. The van der Waals surface area contributed by atoms with E-state index in [0.717, 1.165) is 12.0 Å². The predicted octanol–water partition coefficient (Wildman–Crippen LogP) is 2.52. The summed E-state index contributed by atoms with van der Waals surface area (Å²) in [6.07, 6.45) is 4.05. The molecule has 1 aliphatic rings. The van der Waals surface area contributed by atoms with Crippen molar-refractivity contribution in [3.05, 3.63) is 0 Å². The van der Waals surface area contributed by atoms with Gasteiger partial charge in [-0.2, -0.15) is 11.8 Å². The Kier molecular flexibility index (Phi) is 5.08. The van der Waals surface area contributed by atoms with E-state index in [2.05, 4.69) is 30.9 Å². The largest absolute Gasteiger partial charge is 0.314 e. The van der Waals surface area contributed by atoms with Gasteiger partial charge < -0.3 is 5.32 Å². The summed E-state index contributed by atoms with van der Waals surface area (Å²) in [5.41, 5.74) is 0. The molecule has 2 heteroatoms. The van der Waals surface area contributed by atoms with E-state index in [1.807, 2.05) is 0 Å². The van der Waals surface area contributed by atoms with Crippen LogP contribution >= 0.6 is 11.8 Å². The lowest BCUT2D eigenvalue weighted by molar-refractivity contribution is 0.420. The molecule has 0 radical (unpaired) electrons. The fourth-order valence-corrected chi connectivity index (χ4v) is 2.52. The van der Waals surface area contributed by atoms with Gasteiger partial charge in [-0.3, -0.25) is 0 Å². The maximum Gasteiger partial charge on any atom is 0.00828 e. The lowest BCUT2D eigenvalue weighted by atomic mass is 10.1. The standard InChI is InChI=1S/C10H21NS/c1-3-9(2)8-11-10-4-6-12-7-5-10/h9-11H,3-8H2,1-2H3. The molecule has 0 aromatic rings. The van der Waals surface area contributed by atoms with Gasteiger partial charge in [-0.25, -0.2) is 0 Å². The van der Waals surface area contributed by atoms with Gasteiger partial charge >= 0.3 is 0 Å². The number of rotatable bonds is 4. The summed E-state index contributed by atoms with van der Waals surface area (Å²) in [6, 6.07) is 0.820. The Labute approximate surface area is 80.7 Å². The number of nitrogens with one attached hydrogen (secondary N) is 1. The van der Waals surface area contributed by atoms with Gasteiger partial charge in [0.1, 0.15) is 0 Å². The first kappa shape index (κ1) is 10.4. The lowest BCUT2D eigenvalue weighted by Crippen LogP contribution is -2.35. The van der Waals surface area contributed by atoms with Gasteiger partial charge in [-0.05, 0) is 36.8 Å². The zero-order valence-corrected chi connectivity index (χ0v) is 9.12. The molecular weight excluding hydrogens is 166 g/mol. The van der Waals surface area contributed by atoms with Gasteiger partial charge in [-0.1, -0.05) is 20.3 Å². The molecule has 1 aliphatic heterocycles. The Balaban J connectivity index is 2.05. The van der Waals surface area contributed by atoms with Gasteiger partial charge in [0.15, 0.2) is 0 Å². The van der Waals surface area contributed by atoms with Crippen LogP contribution in [0.15, 0.2) is 0 Å². The van der Waals surface area contributed by atoms with Gasteiger partial charge in [0.2, 0.25) is 0 Å². The van der Waals surface area contributed by atoms with E-state index in [0.29, 0.717) is 0 Å². The molecule has 12 heavy (non-hydrogen) atoms. The fraction of sp³-hybridized carbons (Fsp3) is 1.00. The summed E-state index contributed by atoms with van der Waals surface area (Å²) in [6.45, 7) is 5.81. The van der Waals surface area contributed by atoms with E-state index in [1.54, 1.807) is 0 Å². The zero-order valence-electron chi connectivity index (χ0n) is 8.31. The summed E-state index contributed by atoms with van der Waals surface area (Å²) >= 11 is 2.10. The fourth-order valence-electron chi connectivity index (χ4n) is 1.41. The number of hydrogen-bond donors (Lipinski definition) is 1. The van der Waals surface area contributed by atoms with Crippen LogP contribution in [0.5, 0.6) is 0 Å². The topological polar surface area (TPSA) is 12.0 Å². The van der Waals surface area contributed by atoms with Crippen LogP contribution < -0.4 is 5.32 Å². The summed E-state index contributed by atoms with van der Waals surface area (Å²) in [7, 11) is 0. The van der Waals surface area contributed by atoms with Crippen molar-refractivity contribution in [2.24, 2.45) is 5.92 Å². The van der Waals surface area contributed by atoms with E-state index in [4.69, 9.17) is 0 Å². The molecule has 0 spiro atoms. The Hall–Kier alpha value is 0.310. The Morgan fingerprint density at radius 3 is 2.67 bits per heavy atom. The summed E-state index contributed by atoms with van der Waals surface area (Å²) < 4.78 is 0. The van der Waals surface area contributed by atoms with Crippen molar-refractivity contribution < 1.29 is 0 Å². The third-order valence-corrected chi connectivity index (χ3v) is 3.72. The van der Waals surface area contributed by atoms with Crippen molar-refractivity contribution >= 4 is 11.8 Å². The molecular formula is C10H21NS. The van der Waals surface area contributed by atoms with Crippen molar-refractivity contribution in [1.29, 1.82) is 0 Å². The molecule has 0 aromatic carbocycles. The maximum atomic E-state index is 3.66. The Morgan fingerprint density at radius 1 is 1.42 bits per heavy atom. The van der Waals surface area contributed by atoms with Crippen LogP contribution in [0.1, 0.15) is 33.1 Å². The van der Waals surface area contributed by atoms with E-state index in [-0.39, 0.29) is 0 Å². The minimum atomic E-state index is 0.820. The third-order valence-electron chi connectivity index (χ3n) is 2.67. The van der Waals surface area contributed by atoms with Crippen LogP contribution in [0.25, 0.3) is 0 Å². The van der Waals surface area contributed by atoms with E-state index in [1.165, 1.54) is 37.3 Å². The second-order valence-electron chi connectivity index (χ2n) is 3.81. The van der Waals surface area contributed by atoms with Gasteiger partial charge in [-0.15, -0.1) is 0 Å². The molecule has 1 unspecified atom stereocenters. The third kappa shape index (κ3) is 3.81. The maximum absolute atomic E-state index is 3.66. The van der Waals surface area contributed by atoms with Crippen molar-refractivity contribution in [2.45, 2.75) is 39.2 Å². The first-order valence-corrected chi connectivity index (χ1v) is 6.29. The molecule has 1 rings (SSSR count). The molecule has 0 saturated carbocycles. The molecule has 1 heterocycles. The average Bonchev–Trinajstić information content (AvgIpc) is 2.16. The number of hydrogen-bond acceptors (Lipinski definition) is 2. The van der Waals surface area contributed by atoms with Crippen molar-refractivity contribution in [2.75, 3.05) is 18.1 Å². The van der Waals surface area contributed by atoms with Crippen LogP contribution in [0.2, 0.25) is 0 Å². The highest BCUT2D eigenvalue weighted by Crippen LogP contribution is 2.17. The van der Waals surface area contributed by atoms with E-state index in [9.17, 15) is 0 Å². The minimum Gasteiger partial charge on any atom is -0.314 e. The second kappa shape index (κ2) is 5.87. The van der Waals surface area contributed by atoms with E-state index >= 15 is 0 Å². The van der Waals surface area contributed by atoms with Crippen molar-refractivity contribution in [3.8, 4) is 0 Å². The Bertz CT molecular complexity index is 110. The normalized spacial score (nSPS) is 22.5. The number of thioether (sulfide) groups is 1. The minimum absolute atomic E-state index is 0.820. The highest BCUT2D eigenvalue weighted by molar-refractivity contribution is 7.99. The highest BCUT2D eigenvalue weighted by Gasteiger charge is 2.12. The second-order valence-corrected chi connectivity index (χ2v) is 5.03. The van der Waals surface area contributed by atoms with Crippen molar-refractivity contribution in [1.82, 2.24) is 5.32 Å². The molecule has 72 valence electrons. The monoisotopic (exact) mass is 187 g/mol. The lowest BCUT2D eigenvalue weighted by Gasteiger charge is -2.24. The van der Waals surface area contributed by atoms with Crippen LogP contribution in [-0.4, -0.2) is 24.1 Å². The quantitative estimate of drug-likeness (QED) is 0.726. The molecule has 1 fully saturated rings. The predicted molar refractivity (Wildman–Crippen MR) is 57.8 cm³/mol. The highest BCUT2D eigenvalue weighted by atomic mass is 32.2. The molecule has 0 bridgehead atoms. The molecule has 1 nitrogen and oxygen atoms in total. The smallest absolute Gasteiger partial charge is 0.00828 e. The zero-order chi connectivity index (χ0) is 8.81. The molecule has 1 atom stereocenters.